The van der Waals surface area contributed by atoms with Crippen LogP contribution in [0.2, 0.25) is 0 Å². The molecular formula is C14H26N2O2. The Morgan fingerprint density at radius 3 is 2.83 bits per heavy atom. The number of nitrogens with zero attached hydrogens (tertiary/aromatic N) is 1. The SMILES string of the molecule is CCCNCCCc1ncc(CCOCCC)o1. The maximum absolute atomic E-state index is 5.65. The zero-order valence-electron chi connectivity index (χ0n) is 11.7. The van der Waals surface area contributed by atoms with Crippen LogP contribution in [0.15, 0.2) is 10.6 Å². The van der Waals surface area contributed by atoms with E-state index in [4.69, 9.17) is 9.15 Å². The molecule has 4 nitrogen and oxygen atoms in total. The van der Waals surface area contributed by atoms with Gasteiger partial charge in [0, 0.05) is 19.4 Å². The minimum atomic E-state index is 0.723. The van der Waals surface area contributed by atoms with Gasteiger partial charge in [0.2, 0.25) is 0 Å². The highest BCUT2D eigenvalue weighted by molar-refractivity contribution is 4.94. The van der Waals surface area contributed by atoms with E-state index in [9.17, 15) is 0 Å². The van der Waals surface area contributed by atoms with Crippen molar-refractivity contribution in [2.75, 3.05) is 26.3 Å². The molecule has 1 aromatic heterocycles. The second-order valence-electron chi connectivity index (χ2n) is 4.44. The molecule has 0 fully saturated rings. The Morgan fingerprint density at radius 1 is 1.17 bits per heavy atom. The number of nitrogens with one attached hydrogen (secondary N) is 1. The summed E-state index contributed by atoms with van der Waals surface area (Å²) in [6, 6.07) is 0. The van der Waals surface area contributed by atoms with Crippen LogP contribution in [-0.2, 0) is 17.6 Å². The topological polar surface area (TPSA) is 47.3 Å². The van der Waals surface area contributed by atoms with E-state index in [1.54, 1.807) is 0 Å². The number of hydrogen-bond acceptors (Lipinski definition) is 4. The highest BCUT2D eigenvalue weighted by Crippen LogP contribution is 2.06. The molecule has 104 valence electrons. The van der Waals surface area contributed by atoms with E-state index in [1.165, 1.54) is 6.42 Å². The third-order valence-corrected chi connectivity index (χ3v) is 2.61. The van der Waals surface area contributed by atoms with Gasteiger partial charge in [-0.05, 0) is 32.4 Å². The molecule has 18 heavy (non-hydrogen) atoms. The molecule has 0 aliphatic carbocycles. The highest BCUT2D eigenvalue weighted by Gasteiger charge is 2.03. The van der Waals surface area contributed by atoms with Gasteiger partial charge in [0.15, 0.2) is 5.89 Å². The van der Waals surface area contributed by atoms with Gasteiger partial charge in [-0.15, -0.1) is 0 Å². The van der Waals surface area contributed by atoms with Crippen molar-refractivity contribution in [2.24, 2.45) is 0 Å². The van der Waals surface area contributed by atoms with Gasteiger partial charge in [0.1, 0.15) is 5.76 Å². The lowest BCUT2D eigenvalue weighted by molar-refractivity contribution is 0.134. The van der Waals surface area contributed by atoms with Crippen LogP contribution >= 0.6 is 0 Å². The molecule has 0 radical (unpaired) electrons. The van der Waals surface area contributed by atoms with Gasteiger partial charge < -0.3 is 14.5 Å². The summed E-state index contributed by atoms with van der Waals surface area (Å²) in [5.41, 5.74) is 0. The molecule has 0 saturated heterocycles. The molecule has 0 aliphatic rings. The zero-order valence-corrected chi connectivity index (χ0v) is 11.7. The van der Waals surface area contributed by atoms with Crippen molar-refractivity contribution in [2.45, 2.75) is 46.0 Å². The Balaban J connectivity index is 2.10. The van der Waals surface area contributed by atoms with Crippen molar-refractivity contribution in [3.8, 4) is 0 Å². The van der Waals surface area contributed by atoms with E-state index in [2.05, 4.69) is 24.1 Å². The van der Waals surface area contributed by atoms with Gasteiger partial charge in [-0.1, -0.05) is 13.8 Å². The van der Waals surface area contributed by atoms with Crippen LogP contribution in [0.25, 0.3) is 0 Å². The van der Waals surface area contributed by atoms with Crippen LogP contribution in [0.5, 0.6) is 0 Å². The fraction of sp³-hybridized carbons (Fsp3) is 0.786. The number of aromatic nitrogens is 1. The zero-order chi connectivity index (χ0) is 13.1. The summed E-state index contributed by atoms with van der Waals surface area (Å²) in [7, 11) is 0. The number of aryl methyl sites for hydroxylation is 1. The van der Waals surface area contributed by atoms with E-state index in [1.807, 2.05) is 6.20 Å². The maximum atomic E-state index is 5.65. The molecule has 0 aromatic carbocycles. The molecule has 0 atom stereocenters. The van der Waals surface area contributed by atoms with Crippen LogP contribution in [0.4, 0.5) is 0 Å². The van der Waals surface area contributed by atoms with E-state index in [0.717, 1.165) is 63.6 Å². The lowest BCUT2D eigenvalue weighted by Gasteiger charge is -2.01. The fourth-order valence-corrected chi connectivity index (χ4v) is 1.66. The largest absolute Gasteiger partial charge is 0.446 e. The fourth-order valence-electron chi connectivity index (χ4n) is 1.66. The first-order chi connectivity index (χ1) is 8.86. The average molecular weight is 254 g/mol. The average Bonchev–Trinajstić information content (AvgIpc) is 2.82. The summed E-state index contributed by atoms with van der Waals surface area (Å²) < 4.78 is 11.1. The minimum absolute atomic E-state index is 0.723. The Labute approximate surface area is 110 Å². The molecule has 1 heterocycles. The van der Waals surface area contributed by atoms with Crippen LogP contribution in [0.3, 0.4) is 0 Å². The molecule has 1 aromatic rings. The van der Waals surface area contributed by atoms with Crippen LogP contribution in [0.1, 0.15) is 44.8 Å². The van der Waals surface area contributed by atoms with Gasteiger partial charge in [0.25, 0.3) is 0 Å². The number of oxazole rings is 1. The third kappa shape index (κ3) is 6.77. The molecular weight excluding hydrogens is 228 g/mol. The summed E-state index contributed by atoms with van der Waals surface area (Å²) in [6.07, 6.45) is 6.87. The second kappa shape index (κ2) is 10.1. The number of rotatable bonds is 11. The van der Waals surface area contributed by atoms with Gasteiger partial charge in [0.05, 0.1) is 12.8 Å². The van der Waals surface area contributed by atoms with Crippen molar-refractivity contribution in [1.82, 2.24) is 10.3 Å². The standard InChI is InChI=1S/C14H26N2O2/c1-3-8-15-9-5-6-14-16-12-13(18-14)7-11-17-10-4-2/h12,15H,3-11H2,1-2H3. The quantitative estimate of drug-likeness (QED) is 0.617. The van der Waals surface area contributed by atoms with E-state index < -0.39 is 0 Å². The van der Waals surface area contributed by atoms with Crippen LogP contribution in [-0.4, -0.2) is 31.3 Å². The van der Waals surface area contributed by atoms with E-state index in [-0.39, 0.29) is 0 Å². The van der Waals surface area contributed by atoms with E-state index in [0.29, 0.717) is 0 Å². The van der Waals surface area contributed by atoms with Gasteiger partial charge >= 0.3 is 0 Å². The van der Waals surface area contributed by atoms with Crippen LogP contribution < -0.4 is 5.32 Å². The Bertz CT molecular complexity index is 300. The smallest absolute Gasteiger partial charge is 0.194 e. The Hall–Kier alpha value is -0.870. The summed E-state index contributed by atoms with van der Waals surface area (Å²) in [4.78, 5) is 4.28. The summed E-state index contributed by atoms with van der Waals surface area (Å²) in [5.74, 6) is 1.78. The number of hydrogen-bond donors (Lipinski definition) is 1. The third-order valence-electron chi connectivity index (χ3n) is 2.61. The Morgan fingerprint density at radius 2 is 2.06 bits per heavy atom. The van der Waals surface area contributed by atoms with Crippen molar-refractivity contribution >= 4 is 0 Å². The van der Waals surface area contributed by atoms with Crippen LogP contribution in [0, 0.1) is 0 Å². The highest BCUT2D eigenvalue weighted by atomic mass is 16.5. The number of ether oxygens (including phenoxy) is 1. The van der Waals surface area contributed by atoms with E-state index >= 15 is 0 Å². The van der Waals surface area contributed by atoms with Crippen molar-refractivity contribution in [3.63, 3.8) is 0 Å². The molecule has 0 aliphatic heterocycles. The second-order valence-corrected chi connectivity index (χ2v) is 4.44. The lowest BCUT2D eigenvalue weighted by Crippen LogP contribution is -2.16. The van der Waals surface area contributed by atoms with Crippen molar-refractivity contribution in [1.29, 1.82) is 0 Å². The first-order valence-electron chi connectivity index (χ1n) is 7.08. The maximum Gasteiger partial charge on any atom is 0.194 e. The molecule has 1 N–H and O–H groups in total. The van der Waals surface area contributed by atoms with Crippen molar-refractivity contribution < 1.29 is 9.15 Å². The summed E-state index contributed by atoms with van der Waals surface area (Å²) in [6.45, 7) is 7.95. The predicted molar refractivity (Wildman–Crippen MR) is 72.8 cm³/mol. The molecule has 4 heteroatoms. The van der Waals surface area contributed by atoms with Gasteiger partial charge in [-0.2, -0.15) is 0 Å². The van der Waals surface area contributed by atoms with Crippen molar-refractivity contribution in [3.05, 3.63) is 17.8 Å². The lowest BCUT2D eigenvalue weighted by atomic mass is 10.3. The normalized spacial score (nSPS) is 11.0. The summed E-state index contributed by atoms with van der Waals surface area (Å²) >= 11 is 0. The monoisotopic (exact) mass is 254 g/mol. The van der Waals surface area contributed by atoms with Gasteiger partial charge in [-0.3, -0.25) is 0 Å². The van der Waals surface area contributed by atoms with Gasteiger partial charge in [-0.25, -0.2) is 4.98 Å². The molecule has 0 bridgehead atoms. The molecule has 1 rings (SSSR count). The first-order valence-corrected chi connectivity index (χ1v) is 7.08. The predicted octanol–water partition coefficient (Wildman–Crippen LogP) is 2.58. The molecule has 0 spiro atoms. The molecule has 0 amide bonds. The minimum Gasteiger partial charge on any atom is -0.446 e. The summed E-state index contributed by atoms with van der Waals surface area (Å²) in [5, 5.41) is 3.37. The Kier molecular flexibility index (Phi) is 8.51. The molecule has 0 saturated carbocycles. The molecule has 0 unspecified atom stereocenters. The first kappa shape index (κ1) is 15.2.